The Morgan fingerprint density at radius 3 is 2.35 bits per heavy atom. The minimum atomic E-state index is -0.422. The van der Waals surface area contributed by atoms with Crippen molar-refractivity contribution in [2.24, 2.45) is 0 Å². The summed E-state index contributed by atoms with van der Waals surface area (Å²) in [6.07, 6.45) is 3.54. The third-order valence-corrected chi connectivity index (χ3v) is 3.35. The standard InChI is InChI=1S/C15H22N2O2.C2H4O2/c1-15(2,3)19-14(18)17-10-7-12(8-11-17)13-6-4-5-9-16-13;1-4-2-3/h4-6,9,12H,7-8,10-11H2,1-3H3;2H,1H3. The van der Waals surface area contributed by atoms with Gasteiger partial charge in [0.15, 0.2) is 0 Å². The van der Waals surface area contributed by atoms with Crippen molar-refractivity contribution < 1.29 is 19.1 Å². The van der Waals surface area contributed by atoms with Gasteiger partial charge in [0, 0.05) is 30.9 Å². The molecule has 0 radical (unpaired) electrons. The van der Waals surface area contributed by atoms with Gasteiger partial charge in [-0.3, -0.25) is 9.78 Å². The smallest absolute Gasteiger partial charge is 0.410 e. The molecule has 0 N–H and O–H groups in total. The van der Waals surface area contributed by atoms with Gasteiger partial charge in [0.25, 0.3) is 6.47 Å². The number of rotatable bonds is 2. The molecule has 0 aromatic carbocycles. The molecule has 0 saturated carbocycles. The van der Waals surface area contributed by atoms with E-state index in [4.69, 9.17) is 9.53 Å². The molecule has 0 unspecified atom stereocenters. The van der Waals surface area contributed by atoms with Crippen LogP contribution in [-0.4, -0.2) is 48.2 Å². The fourth-order valence-electron chi connectivity index (χ4n) is 2.30. The highest BCUT2D eigenvalue weighted by Crippen LogP contribution is 2.27. The van der Waals surface area contributed by atoms with Crippen molar-refractivity contribution in [1.29, 1.82) is 0 Å². The Balaban J connectivity index is 0.000000593. The first kappa shape index (κ1) is 18.9. The van der Waals surface area contributed by atoms with Gasteiger partial charge in [-0.25, -0.2) is 4.79 Å². The maximum absolute atomic E-state index is 11.9. The number of piperidine rings is 1. The van der Waals surface area contributed by atoms with Crippen molar-refractivity contribution in [3.63, 3.8) is 0 Å². The second-order valence-electron chi connectivity index (χ2n) is 6.33. The SMILES string of the molecule is CC(C)(C)OC(=O)N1CCC(c2ccccn2)CC1.COC=O. The van der Waals surface area contributed by atoms with E-state index in [-0.39, 0.29) is 6.09 Å². The number of carbonyl (C=O) groups is 2. The molecule has 2 rings (SSSR count). The number of hydrogen-bond acceptors (Lipinski definition) is 5. The largest absolute Gasteiger partial charge is 0.471 e. The van der Waals surface area contributed by atoms with Gasteiger partial charge in [-0.05, 0) is 45.7 Å². The van der Waals surface area contributed by atoms with Crippen LogP contribution in [-0.2, 0) is 14.3 Å². The third kappa shape index (κ3) is 7.13. The summed E-state index contributed by atoms with van der Waals surface area (Å²) in [5, 5.41) is 0. The van der Waals surface area contributed by atoms with Gasteiger partial charge in [-0.2, -0.15) is 0 Å². The van der Waals surface area contributed by atoms with Crippen LogP contribution >= 0.6 is 0 Å². The number of hydrogen-bond donors (Lipinski definition) is 0. The zero-order valence-electron chi connectivity index (χ0n) is 14.3. The van der Waals surface area contributed by atoms with Gasteiger partial charge >= 0.3 is 6.09 Å². The highest BCUT2D eigenvalue weighted by Gasteiger charge is 2.27. The van der Waals surface area contributed by atoms with Crippen LogP contribution in [0.4, 0.5) is 4.79 Å². The summed E-state index contributed by atoms with van der Waals surface area (Å²) in [7, 11) is 1.31. The molecule has 2 heterocycles. The molecular formula is C17H26N2O4. The average molecular weight is 322 g/mol. The number of likely N-dealkylation sites (tertiary alicyclic amines) is 1. The molecule has 6 nitrogen and oxygen atoms in total. The number of aromatic nitrogens is 1. The van der Waals surface area contributed by atoms with Gasteiger partial charge in [-0.1, -0.05) is 6.07 Å². The predicted molar refractivity (Wildman–Crippen MR) is 87.1 cm³/mol. The molecule has 1 aliphatic heterocycles. The summed E-state index contributed by atoms with van der Waals surface area (Å²) < 4.78 is 9.25. The Bertz CT molecular complexity index is 477. The molecule has 0 bridgehead atoms. The van der Waals surface area contributed by atoms with Crippen LogP contribution in [0.3, 0.4) is 0 Å². The molecule has 0 aliphatic carbocycles. The molecule has 6 heteroatoms. The molecule has 128 valence electrons. The van der Waals surface area contributed by atoms with Crippen LogP contribution in [0.5, 0.6) is 0 Å². The van der Waals surface area contributed by atoms with Crippen molar-refractivity contribution in [2.45, 2.75) is 45.1 Å². The highest BCUT2D eigenvalue weighted by atomic mass is 16.6. The average Bonchev–Trinajstić information content (AvgIpc) is 2.54. The number of nitrogens with zero attached hydrogens (tertiary/aromatic N) is 2. The first-order valence-electron chi connectivity index (χ1n) is 7.72. The lowest BCUT2D eigenvalue weighted by Gasteiger charge is -2.33. The number of ether oxygens (including phenoxy) is 2. The minimum absolute atomic E-state index is 0.202. The van der Waals surface area contributed by atoms with E-state index >= 15 is 0 Å². The zero-order valence-corrected chi connectivity index (χ0v) is 14.3. The van der Waals surface area contributed by atoms with Crippen molar-refractivity contribution >= 4 is 12.6 Å². The summed E-state index contributed by atoms with van der Waals surface area (Å²) in [6.45, 7) is 7.55. The van der Waals surface area contributed by atoms with Crippen LogP contribution in [0.2, 0.25) is 0 Å². The van der Waals surface area contributed by atoms with Crippen molar-refractivity contribution in [3.8, 4) is 0 Å². The van der Waals surface area contributed by atoms with E-state index in [1.165, 1.54) is 7.11 Å². The molecule has 1 aliphatic rings. The van der Waals surface area contributed by atoms with E-state index in [9.17, 15) is 4.79 Å². The Hall–Kier alpha value is -2.11. The number of carbonyl (C=O) groups excluding carboxylic acids is 2. The van der Waals surface area contributed by atoms with Crippen molar-refractivity contribution in [1.82, 2.24) is 9.88 Å². The second kappa shape index (κ2) is 9.12. The van der Waals surface area contributed by atoms with E-state index in [1.807, 2.05) is 39.1 Å². The number of pyridine rings is 1. The molecule has 0 atom stereocenters. The summed E-state index contributed by atoms with van der Waals surface area (Å²) in [6, 6.07) is 6.01. The molecule has 23 heavy (non-hydrogen) atoms. The Morgan fingerprint density at radius 2 is 1.91 bits per heavy atom. The van der Waals surface area contributed by atoms with Gasteiger partial charge in [0.05, 0.1) is 7.11 Å². The maximum atomic E-state index is 11.9. The number of methoxy groups -OCH3 is 1. The van der Waals surface area contributed by atoms with Crippen molar-refractivity contribution in [3.05, 3.63) is 30.1 Å². The van der Waals surface area contributed by atoms with Gasteiger partial charge in [0.1, 0.15) is 5.60 Å². The lowest BCUT2D eigenvalue weighted by atomic mass is 9.93. The third-order valence-electron chi connectivity index (χ3n) is 3.35. The van der Waals surface area contributed by atoms with Crippen LogP contribution in [0.15, 0.2) is 24.4 Å². The highest BCUT2D eigenvalue weighted by molar-refractivity contribution is 5.68. The quantitative estimate of drug-likeness (QED) is 0.783. The summed E-state index contributed by atoms with van der Waals surface area (Å²) >= 11 is 0. The van der Waals surface area contributed by atoms with Crippen LogP contribution in [0.1, 0.15) is 45.2 Å². The minimum Gasteiger partial charge on any atom is -0.471 e. The summed E-state index contributed by atoms with van der Waals surface area (Å²) in [5.41, 5.74) is 0.709. The zero-order chi connectivity index (χ0) is 17.3. The topological polar surface area (TPSA) is 68.7 Å². The summed E-state index contributed by atoms with van der Waals surface area (Å²) in [5.74, 6) is 0.458. The van der Waals surface area contributed by atoms with Crippen LogP contribution in [0.25, 0.3) is 0 Å². The van der Waals surface area contributed by atoms with E-state index in [1.54, 1.807) is 4.90 Å². The monoisotopic (exact) mass is 322 g/mol. The van der Waals surface area contributed by atoms with E-state index < -0.39 is 5.60 Å². The van der Waals surface area contributed by atoms with E-state index in [2.05, 4.69) is 15.8 Å². The van der Waals surface area contributed by atoms with E-state index in [0.717, 1.165) is 31.6 Å². The second-order valence-corrected chi connectivity index (χ2v) is 6.33. The Labute approximate surface area is 137 Å². The molecule has 0 spiro atoms. The fourth-order valence-corrected chi connectivity index (χ4v) is 2.30. The fraction of sp³-hybridized carbons (Fsp3) is 0.588. The maximum Gasteiger partial charge on any atom is 0.410 e. The predicted octanol–water partition coefficient (Wildman–Crippen LogP) is 2.99. The molecular weight excluding hydrogens is 296 g/mol. The first-order valence-corrected chi connectivity index (χ1v) is 7.72. The van der Waals surface area contributed by atoms with Crippen LogP contribution < -0.4 is 0 Å². The first-order chi connectivity index (χ1) is 10.9. The molecule has 1 fully saturated rings. The molecule has 1 aromatic rings. The normalized spacial score (nSPS) is 15.2. The number of amides is 1. The lowest BCUT2D eigenvalue weighted by Crippen LogP contribution is -2.41. The van der Waals surface area contributed by atoms with Gasteiger partial charge in [0.2, 0.25) is 0 Å². The van der Waals surface area contributed by atoms with Crippen LogP contribution in [0, 0.1) is 0 Å². The Morgan fingerprint density at radius 1 is 1.30 bits per heavy atom. The summed E-state index contributed by atoms with van der Waals surface area (Å²) in [4.78, 5) is 27.1. The molecule has 1 amide bonds. The van der Waals surface area contributed by atoms with Crippen molar-refractivity contribution in [2.75, 3.05) is 20.2 Å². The molecule has 1 saturated heterocycles. The van der Waals surface area contributed by atoms with Gasteiger partial charge in [-0.15, -0.1) is 0 Å². The van der Waals surface area contributed by atoms with Gasteiger partial charge < -0.3 is 14.4 Å². The van der Waals surface area contributed by atoms with E-state index in [0.29, 0.717) is 12.4 Å². The molecule has 1 aromatic heterocycles. The lowest BCUT2D eigenvalue weighted by molar-refractivity contribution is -0.126. The Kier molecular flexibility index (Phi) is 7.51.